The number of amides is 1. The van der Waals surface area contributed by atoms with Gasteiger partial charge in [-0.2, -0.15) is 4.98 Å². The van der Waals surface area contributed by atoms with Crippen molar-refractivity contribution in [3.05, 3.63) is 24.0 Å². The molecule has 0 spiro atoms. The summed E-state index contributed by atoms with van der Waals surface area (Å²) < 4.78 is 9.89. The number of nitrogens with zero attached hydrogens (tertiary/aromatic N) is 2. The van der Waals surface area contributed by atoms with Crippen LogP contribution in [0.2, 0.25) is 0 Å². The summed E-state index contributed by atoms with van der Waals surface area (Å²) in [6.45, 7) is 0. The van der Waals surface area contributed by atoms with Crippen molar-refractivity contribution >= 4 is 11.6 Å². The molecule has 88 valence electrons. The largest absolute Gasteiger partial charge is 0.497 e. The smallest absolute Gasteiger partial charge is 0.290 e. The summed E-state index contributed by atoms with van der Waals surface area (Å²) in [5.41, 5.74) is 11.7. The van der Waals surface area contributed by atoms with E-state index in [1.165, 1.54) is 7.11 Å². The molecule has 4 N–H and O–H groups in total. The Balaban J connectivity index is 2.42. The van der Waals surface area contributed by atoms with E-state index in [0.717, 1.165) is 0 Å². The number of benzene rings is 1. The van der Waals surface area contributed by atoms with Crippen molar-refractivity contribution in [3.63, 3.8) is 0 Å². The minimum absolute atomic E-state index is 0.138. The van der Waals surface area contributed by atoms with Crippen LogP contribution < -0.4 is 16.2 Å². The molecule has 0 saturated heterocycles. The first-order chi connectivity index (χ1) is 8.11. The van der Waals surface area contributed by atoms with Gasteiger partial charge < -0.3 is 20.7 Å². The van der Waals surface area contributed by atoms with Crippen LogP contribution >= 0.6 is 0 Å². The standard InChI is InChI=1S/C10H10N4O3/c1-16-5-2-3-6(7(11)4-5)10-13-9(8(12)15)14-17-10/h2-4H,11H2,1H3,(H2,12,15). The van der Waals surface area contributed by atoms with Gasteiger partial charge in [0.15, 0.2) is 0 Å². The van der Waals surface area contributed by atoms with Gasteiger partial charge in [-0.25, -0.2) is 0 Å². The summed E-state index contributed by atoms with van der Waals surface area (Å²) in [5, 5.41) is 3.43. The van der Waals surface area contributed by atoms with Crippen molar-refractivity contribution in [2.75, 3.05) is 12.8 Å². The third kappa shape index (κ3) is 2.03. The maximum atomic E-state index is 10.8. The molecule has 7 heteroatoms. The van der Waals surface area contributed by atoms with Gasteiger partial charge in [-0.3, -0.25) is 4.79 Å². The molecule has 0 atom stereocenters. The van der Waals surface area contributed by atoms with E-state index in [0.29, 0.717) is 17.0 Å². The number of nitrogen functional groups attached to an aromatic ring is 1. The molecule has 1 aromatic heterocycles. The van der Waals surface area contributed by atoms with Crippen LogP contribution in [-0.2, 0) is 0 Å². The summed E-state index contributed by atoms with van der Waals surface area (Å²) in [6.07, 6.45) is 0. The molecule has 0 fully saturated rings. The van der Waals surface area contributed by atoms with Crippen LogP contribution in [-0.4, -0.2) is 23.2 Å². The van der Waals surface area contributed by atoms with E-state index >= 15 is 0 Å². The highest BCUT2D eigenvalue weighted by molar-refractivity contribution is 5.89. The third-order valence-corrected chi connectivity index (χ3v) is 2.14. The number of methoxy groups -OCH3 is 1. The van der Waals surface area contributed by atoms with Crippen LogP contribution in [0.1, 0.15) is 10.6 Å². The Hall–Kier alpha value is -2.57. The molecule has 1 heterocycles. The van der Waals surface area contributed by atoms with Gasteiger partial charge in [0.25, 0.3) is 17.6 Å². The molecule has 1 aromatic carbocycles. The summed E-state index contributed by atoms with van der Waals surface area (Å²) in [7, 11) is 1.53. The molecule has 0 unspecified atom stereocenters. The molecule has 0 aliphatic heterocycles. The van der Waals surface area contributed by atoms with Crippen molar-refractivity contribution in [2.24, 2.45) is 5.73 Å². The number of ether oxygens (including phenoxy) is 1. The molecule has 1 amide bonds. The Labute approximate surface area is 96.4 Å². The second kappa shape index (κ2) is 4.12. The summed E-state index contributed by atoms with van der Waals surface area (Å²) >= 11 is 0. The fourth-order valence-electron chi connectivity index (χ4n) is 1.30. The SMILES string of the molecule is COc1ccc(-c2nc(C(N)=O)no2)c(N)c1. The van der Waals surface area contributed by atoms with Crippen LogP contribution in [0.3, 0.4) is 0 Å². The zero-order valence-corrected chi connectivity index (χ0v) is 9.01. The zero-order valence-electron chi connectivity index (χ0n) is 9.01. The first-order valence-corrected chi connectivity index (χ1v) is 4.69. The fourth-order valence-corrected chi connectivity index (χ4v) is 1.30. The topological polar surface area (TPSA) is 117 Å². The number of primary amides is 1. The number of hydrogen-bond acceptors (Lipinski definition) is 6. The first kappa shape index (κ1) is 10.9. The number of aromatic nitrogens is 2. The summed E-state index contributed by atoms with van der Waals surface area (Å²) in [4.78, 5) is 14.6. The number of nitrogens with two attached hydrogens (primary N) is 2. The van der Waals surface area contributed by atoms with Gasteiger partial charge in [0.1, 0.15) is 5.75 Å². The molecule has 0 aliphatic rings. The van der Waals surface area contributed by atoms with Gasteiger partial charge in [0.05, 0.1) is 12.7 Å². The van der Waals surface area contributed by atoms with Crippen molar-refractivity contribution in [1.29, 1.82) is 0 Å². The van der Waals surface area contributed by atoms with E-state index in [1.807, 2.05) is 0 Å². The highest BCUT2D eigenvalue weighted by Gasteiger charge is 2.15. The highest BCUT2D eigenvalue weighted by atomic mass is 16.5. The number of hydrogen-bond donors (Lipinski definition) is 2. The molecule has 0 saturated carbocycles. The molecule has 2 aromatic rings. The lowest BCUT2D eigenvalue weighted by atomic mass is 10.1. The Morgan fingerprint density at radius 3 is 2.76 bits per heavy atom. The average Bonchev–Trinajstić information content (AvgIpc) is 2.78. The van der Waals surface area contributed by atoms with Crippen LogP contribution in [0, 0.1) is 0 Å². The van der Waals surface area contributed by atoms with E-state index in [-0.39, 0.29) is 11.7 Å². The lowest BCUT2D eigenvalue weighted by Crippen LogP contribution is -2.12. The van der Waals surface area contributed by atoms with Crippen LogP contribution in [0.5, 0.6) is 5.75 Å². The van der Waals surface area contributed by atoms with E-state index in [2.05, 4.69) is 10.1 Å². The third-order valence-electron chi connectivity index (χ3n) is 2.14. The van der Waals surface area contributed by atoms with Gasteiger partial charge in [-0.05, 0) is 12.1 Å². The van der Waals surface area contributed by atoms with Crippen LogP contribution in [0.25, 0.3) is 11.5 Å². The Morgan fingerprint density at radius 2 is 2.24 bits per heavy atom. The quantitative estimate of drug-likeness (QED) is 0.743. The van der Waals surface area contributed by atoms with E-state index in [9.17, 15) is 4.79 Å². The van der Waals surface area contributed by atoms with E-state index in [1.54, 1.807) is 18.2 Å². The first-order valence-electron chi connectivity index (χ1n) is 4.69. The van der Waals surface area contributed by atoms with Crippen molar-refractivity contribution in [3.8, 4) is 17.2 Å². The van der Waals surface area contributed by atoms with Gasteiger partial charge in [0.2, 0.25) is 0 Å². The molecule has 17 heavy (non-hydrogen) atoms. The molecule has 0 radical (unpaired) electrons. The fraction of sp³-hybridized carbons (Fsp3) is 0.100. The molecular formula is C10H10N4O3. The minimum Gasteiger partial charge on any atom is -0.497 e. The number of carbonyl (C=O) groups is 1. The normalized spacial score (nSPS) is 10.2. The van der Waals surface area contributed by atoms with Gasteiger partial charge in [0, 0.05) is 11.8 Å². The maximum Gasteiger partial charge on any atom is 0.290 e. The molecule has 0 aliphatic carbocycles. The number of rotatable bonds is 3. The number of anilines is 1. The summed E-state index contributed by atoms with van der Waals surface area (Å²) in [6, 6.07) is 4.97. The Bertz CT molecular complexity index is 564. The van der Waals surface area contributed by atoms with Gasteiger partial charge >= 0.3 is 0 Å². The summed E-state index contributed by atoms with van der Waals surface area (Å²) in [5.74, 6) is -0.192. The molecule has 7 nitrogen and oxygen atoms in total. The second-order valence-electron chi connectivity index (χ2n) is 3.24. The van der Waals surface area contributed by atoms with Gasteiger partial charge in [-0.15, -0.1) is 0 Å². The van der Waals surface area contributed by atoms with Crippen molar-refractivity contribution in [2.45, 2.75) is 0 Å². The molecule has 0 bridgehead atoms. The monoisotopic (exact) mass is 234 g/mol. The lowest BCUT2D eigenvalue weighted by molar-refractivity contribution is 0.0987. The second-order valence-corrected chi connectivity index (χ2v) is 3.24. The van der Waals surface area contributed by atoms with Crippen molar-refractivity contribution in [1.82, 2.24) is 10.1 Å². The minimum atomic E-state index is -0.757. The van der Waals surface area contributed by atoms with E-state index in [4.69, 9.17) is 20.7 Å². The average molecular weight is 234 g/mol. The van der Waals surface area contributed by atoms with Crippen molar-refractivity contribution < 1.29 is 14.1 Å². The molecular weight excluding hydrogens is 224 g/mol. The Kier molecular flexibility index (Phi) is 2.65. The van der Waals surface area contributed by atoms with E-state index < -0.39 is 5.91 Å². The highest BCUT2D eigenvalue weighted by Crippen LogP contribution is 2.27. The maximum absolute atomic E-state index is 10.8. The predicted octanol–water partition coefficient (Wildman–Crippen LogP) is 0.426. The van der Waals surface area contributed by atoms with Crippen LogP contribution in [0.15, 0.2) is 22.7 Å². The lowest BCUT2D eigenvalue weighted by Gasteiger charge is -2.03. The zero-order chi connectivity index (χ0) is 12.4. The predicted molar refractivity (Wildman–Crippen MR) is 59.2 cm³/mol. The number of carbonyl (C=O) groups excluding carboxylic acids is 1. The van der Waals surface area contributed by atoms with Crippen LogP contribution in [0.4, 0.5) is 5.69 Å². The van der Waals surface area contributed by atoms with Gasteiger partial charge in [-0.1, -0.05) is 5.16 Å². The Morgan fingerprint density at radius 1 is 1.47 bits per heavy atom. The molecule has 2 rings (SSSR count).